The van der Waals surface area contributed by atoms with E-state index in [2.05, 4.69) is 21.2 Å². The molecule has 0 saturated carbocycles. The number of ether oxygens (including phenoxy) is 1. The van der Waals surface area contributed by atoms with E-state index in [0.29, 0.717) is 11.1 Å². The van der Waals surface area contributed by atoms with Crippen LogP contribution in [0.2, 0.25) is 0 Å². The van der Waals surface area contributed by atoms with Crippen LogP contribution in [0.5, 0.6) is 0 Å². The van der Waals surface area contributed by atoms with Crippen molar-refractivity contribution in [1.82, 2.24) is 5.32 Å². The average molecular weight is 343 g/mol. The van der Waals surface area contributed by atoms with Crippen molar-refractivity contribution in [3.05, 3.63) is 38.3 Å². The normalized spacial score (nSPS) is 21.7. The van der Waals surface area contributed by atoms with Crippen LogP contribution in [0.25, 0.3) is 0 Å². The largest absolute Gasteiger partial charge is 0.376 e. The maximum atomic E-state index is 12.0. The van der Waals surface area contributed by atoms with Crippen LogP contribution in [0, 0.1) is 10.1 Å². The fourth-order valence-corrected chi connectivity index (χ4v) is 2.65. The lowest BCUT2D eigenvalue weighted by Gasteiger charge is -2.16. The minimum atomic E-state index is -0.466. The molecule has 1 aliphatic rings. The summed E-state index contributed by atoms with van der Waals surface area (Å²) in [5, 5.41) is 13.6. The van der Waals surface area contributed by atoms with Gasteiger partial charge in [-0.05, 0) is 18.9 Å². The summed E-state index contributed by atoms with van der Waals surface area (Å²) in [6, 6.07) is 4.44. The van der Waals surface area contributed by atoms with Gasteiger partial charge in [-0.1, -0.05) is 22.0 Å². The molecular formula is C13H15BrN2O4. The molecule has 2 atom stereocenters. The lowest BCUT2D eigenvalue weighted by Crippen LogP contribution is -2.39. The molecule has 1 N–H and O–H groups in total. The maximum absolute atomic E-state index is 12.0. The van der Waals surface area contributed by atoms with Gasteiger partial charge in [-0.2, -0.15) is 0 Å². The van der Waals surface area contributed by atoms with E-state index in [4.69, 9.17) is 4.74 Å². The topological polar surface area (TPSA) is 81.5 Å². The van der Waals surface area contributed by atoms with Gasteiger partial charge in [0.2, 0.25) is 5.91 Å². The molecule has 7 heteroatoms. The first-order chi connectivity index (χ1) is 9.47. The van der Waals surface area contributed by atoms with Gasteiger partial charge in [-0.25, -0.2) is 0 Å². The van der Waals surface area contributed by atoms with Crippen molar-refractivity contribution in [1.29, 1.82) is 0 Å². The summed E-state index contributed by atoms with van der Waals surface area (Å²) in [4.78, 5) is 22.1. The molecule has 1 aromatic rings. The molecule has 0 aliphatic carbocycles. The van der Waals surface area contributed by atoms with Crippen molar-refractivity contribution in [3.8, 4) is 0 Å². The third kappa shape index (κ3) is 3.55. The first kappa shape index (κ1) is 14.9. The van der Waals surface area contributed by atoms with E-state index in [9.17, 15) is 14.9 Å². The molecule has 1 amide bonds. The van der Waals surface area contributed by atoms with Crippen molar-refractivity contribution in [2.75, 3.05) is 6.61 Å². The van der Waals surface area contributed by atoms with Crippen LogP contribution >= 0.6 is 15.9 Å². The van der Waals surface area contributed by atoms with Crippen LogP contribution in [0.1, 0.15) is 18.9 Å². The molecule has 0 spiro atoms. The fourth-order valence-electron chi connectivity index (χ4n) is 2.15. The van der Waals surface area contributed by atoms with Crippen LogP contribution in [0.15, 0.2) is 22.7 Å². The highest BCUT2D eigenvalue weighted by Crippen LogP contribution is 2.23. The highest BCUT2D eigenvalue weighted by Gasteiger charge is 2.25. The summed E-state index contributed by atoms with van der Waals surface area (Å²) >= 11 is 3.26. The monoisotopic (exact) mass is 342 g/mol. The molecule has 1 saturated heterocycles. The van der Waals surface area contributed by atoms with Gasteiger partial charge >= 0.3 is 0 Å². The predicted octanol–water partition coefficient (Wildman–Crippen LogP) is 2.19. The Morgan fingerprint density at radius 2 is 2.35 bits per heavy atom. The Kier molecular flexibility index (Phi) is 4.72. The molecule has 0 aromatic heterocycles. The van der Waals surface area contributed by atoms with Gasteiger partial charge in [0.25, 0.3) is 5.69 Å². The Morgan fingerprint density at radius 3 is 2.90 bits per heavy atom. The first-order valence-corrected chi connectivity index (χ1v) is 7.10. The Morgan fingerprint density at radius 1 is 1.60 bits per heavy atom. The number of hydrogen-bond donors (Lipinski definition) is 1. The number of halogens is 1. The summed E-state index contributed by atoms with van der Waals surface area (Å²) in [7, 11) is 0. The molecule has 6 nitrogen and oxygen atoms in total. The summed E-state index contributed by atoms with van der Waals surface area (Å²) in [5.41, 5.74) is 0.721. The van der Waals surface area contributed by atoms with Crippen LogP contribution in [-0.2, 0) is 16.0 Å². The lowest BCUT2D eigenvalue weighted by molar-refractivity contribution is -0.384. The van der Waals surface area contributed by atoms with Gasteiger partial charge in [0.15, 0.2) is 0 Å². The zero-order chi connectivity index (χ0) is 14.7. The minimum Gasteiger partial charge on any atom is -0.376 e. The minimum absolute atomic E-state index is 0.00107. The number of nitro benzene ring substituents is 1. The van der Waals surface area contributed by atoms with Crippen molar-refractivity contribution in [2.24, 2.45) is 0 Å². The molecule has 2 unspecified atom stereocenters. The Balaban J connectivity index is 1.99. The maximum Gasteiger partial charge on any atom is 0.270 e. The highest BCUT2D eigenvalue weighted by molar-refractivity contribution is 9.10. The van der Waals surface area contributed by atoms with Gasteiger partial charge in [-0.3, -0.25) is 14.9 Å². The molecule has 1 aliphatic heterocycles. The number of nitrogens with one attached hydrogen (secondary N) is 1. The van der Waals surface area contributed by atoms with Crippen LogP contribution < -0.4 is 5.32 Å². The van der Waals surface area contributed by atoms with Crippen molar-refractivity contribution >= 4 is 27.5 Å². The van der Waals surface area contributed by atoms with Gasteiger partial charge in [0, 0.05) is 23.2 Å². The smallest absolute Gasteiger partial charge is 0.270 e. The van der Waals surface area contributed by atoms with E-state index in [-0.39, 0.29) is 30.2 Å². The van der Waals surface area contributed by atoms with E-state index in [0.717, 1.165) is 12.0 Å². The quantitative estimate of drug-likeness (QED) is 0.671. The number of nitrogens with zero attached hydrogens (tertiary/aromatic N) is 1. The number of carbonyl (C=O) groups excluding carboxylic acids is 1. The summed E-state index contributed by atoms with van der Waals surface area (Å²) < 4.78 is 5.95. The average Bonchev–Trinajstić information content (AvgIpc) is 2.77. The number of carbonyl (C=O) groups is 1. The van der Waals surface area contributed by atoms with Crippen molar-refractivity contribution < 1.29 is 14.5 Å². The molecule has 1 aromatic carbocycles. The van der Waals surface area contributed by atoms with Crippen LogP contribution in [-0.4, -0.2) is 29.6 Å². The number of non-ortho nitro benzene ring substituents is 1. The SMILES string of the molecule is CC1OCCC1NC(=O)Cc1ccc([N+](=O)[O-])cc1Br. The zero-order valence-corrected chi connectivity index (χ0v) is 12.6. The number of rotatable bonds is 4. The second-order valence-electron chi connectivity index (χ2n) is 4.75. The number of benzene rings is 1. The van der Waals surface area contributed by atoms with Gasteiger partial charge in [0.1, 0.15) is 0 Å². The molecule has 0 radical (unpaired) electrons. The number of amides is 1. The lowest BCUT2D eigenvalue weighted by atomic mass is 10.1. The second kappa shape index (κ2) is 6.32. The Hall–Kier alpha value is -1.47. The van der Waals surface area contributed by atoms with Crippen LogP contribution in [0.3, 0.4) is 0 Å². The molecule has 2 rings (SSSR count). The second-order valence-corrected chi connectivity index (χ2v) is 5.60. The van der Waals surface area contributed by atoms with Gasteiger partial charge < -0.3 is 10.1 Å². The predicted molar refractivity (Wildman–Crippen MR) is 76.5 cm³/mol. The number of nitro groups is 1. The van der Waals surface area contributed by atoms with Crippen molar-refractivity contribution in [2.45, 2.75) is 31.9 Å². The molecular weight excluding hydrogens is 328 g/mol. The third-order valence-electron chi connectivity index (χ3n) is 3.32. The van der Waals surface area contributed by atoms with E-state index < -0.39 is 4.92 Å². The summed E-state index contributed by atoms with van der Waals surface area (Å²) in [6.45, 7) is 2.59. The summed E-state index contributed by atoms with van der Waals surface area (Å²) in [5.74, 6) is -0.109. The third-order valence-corrected chi connectivity index (χ3v) is 4.06. The molecule has 1 heterocycles. The Bertz CT molecular complexity index is 535. The highest BCUT2D eigenvalue weighted by atomic mass is 79.9. The zero-order valence-electron chi connectivity index (χ0n) is 11.0. The van der Waals surface area contributed by atoms with E-state index in [1.165, 1.54) is 12.1 Å². The van der Waals surface area contributed by atoms with Gasteiger partial charge in [-0.15, -0.1) is 0 Å². The molecule has 108 valence electrons. The van der Waals surface area contributed by atoms with E-state index in [1.807, 2.05) is 6.92 Å². The molecule has 0 bridgehead atoms. The first-order valence-electron chi connectivity index (χ1n) is 6.31. The Labute approximate surface area is 124 Å². The molecule has 20 heavy (non-hydrogen) atoms. The molecule has 1 fully saturated rings. The van der Waals surface area contributed by atoms with Crippen molar-refractivity contribution in [3.63, 3.8) is 0 Å². The van der Waals surface area contributed by atoms with E-state index >= 15 is 0 Å². The standard InChI is InChI=1S/C13H15BrN2O4/c1-8-12(4-5-20-8)15-13(17)6-9-2-3-10(16(18)19)7-11(9)14/h2-3,7-8,12H,4-6H2,1H3,(H,15,17). The fraction of sp³-hybridized carbons (Fsp3) is 0.462. The summed E-state index contributed by atoms with van der Waals surface area (Å²) in [6.07, 6.45) is 1.02. The van der Waals surface area contributed by atoms with Crippen LogP contribution in [0.4, 0.5) is 5.69 Å². The number of hydrogen-bond acceptors (Lipinski definition) is 4. The van der Waals surface area contributed by atoms with Gasteiger partial charge in [0.05, 0.1) is 23.5 Å². The van der Waals surface area contributed by atoms with E-state index in [1.54, 1.807) is 6.07 Å².